The zero-order valence-electron chi connectivity index (χ0n) is 10.6. The summed E-state index contributed by atoms with van der Waals surface area (Å²) in [7, 11) is 1.59. The van der Waals surface area contributed by atoms with Crippen LogP contribution in [-0.2, 0) is 11.3 Å². The van der Waals surface area contributed by atoms with Gasteiger partial charge < -0.3 is 14.8 Å². The molecule has 1 atom stereocenters. The fraction of sp³-hybridized carbons (Fsp3) is 0.667. The normalized spacial score (nSPS) is 19.1. The smallest absolute Gasteiger partial charge is 0.237 e. The van der Waals surface area contributed by atoms with Crippen molar-refractivity contribution in [3.63, 3.8) is 0 Å². The van der Waals surface area contributed by atoms with Crippen LogP contribution in [0.1, 0.15) is 25.0 Å². The molecule has 18 heavy (non-hydrogen) atoms. The summed E-state index contributed by atoms with van der Waals surface area (Å²) in [6.07, 6.45) is 7.02. The Hall–Kier alpha value is -0.910. The van der Waals surface area contributed by atoms with E-state index in [9.17, 15) is 0 Å². The van der Waals surface area contributed by atoms with Crippen molar-refractivity contribution in [3.8, 4) is 5.88 Å². The molecule has 2 rings (SSSR count). The summed E-state index contributed by atoms with van der Waals surface area (Å²) in [5.41, 5.74) is 0.755. The Kier molecular flexibility index (Phi) is 6.93. The summed E-state index contributed by atoms with van der Waals surface area (Å²) in [6, 6.07) is 0.478. The highest BCUT2D eigenvalue weighted by Crippen LogP contribution is 2.13. The van der Waals surface area contributed by atoms with E-state index < -0.39 is 0 Å². The van der Waals surface area contributed by atoms with E-state index in [-0.39, 0.29) is 12.4 Å². The second-order valence-corrected chi connectivity index (χ2v) is 4.17. The van der Waals surface area contributed by atoms with E-state index in [0.717, 1.165) is 18.8 Å². The number of hydrogen-bond donors (Lipinski definition) is 1. The minimum absolute atomic E-state index is 0. The van der Waals surface area contributed by atoms with Crippen molar-refractivity contribution >= 4 is 12.4 Å². The maximum absolute atomic E-state index is 5.66. The van der Waals surface area contributed by atoms with Gasteiger partial charge in [0.1, 0.15) is 5.69 Å². The topological polar surface area (TPSA) is 56.3 Å². The van der Waals surface area contributed by atoms with E-state index >= 15 is 0 Å². The molecule has 1 saturated heterocycles. The van der Waals surface area contributed by atoms with Gasteiger partial charge in [0.15, 0.2) is 0 Å². The molecule has 0 spiro atoms. The third-order valence-electron chi connectivity index (χ3n) is 2.90. The van der Waals surface area contributed by atoms with Gasteiger partial charge in [-0.05, 0) is 19.4 Å². The van der Waals surface area contributed by atoms with Crippen LogP contribution >= 0.6 is 12.4 Å². The van der Waals surface area contributed by atoms with Gasteiger partial charge in [0.25, 0.3) is 0 Å². The summed E-state index contributed by atoms with van der Waals surface area (Å²) in [5.74, 6) is 0.545. The van der Waals surface area contributed by atoms with Crippen molar-refractivity contribution in [3.05, 3.63) is 18.1 Å². The summed E-state index contributed by atoms with van der Waals surface area (Å²) < 4.78 is 10.8. The molecule has 1 unspecified atom stereocenters. The van der Waals surface area contributed by atoms with E-state index in [1.54, 1.807) is 19.5 Å². The van der Waals surface area contributed by atoms with Gasteiger partial charge in [-0.25, -0.2) is 4.98 Å². The number of hydrogen-bond acceptors (Lipinski definition) is 5. The highest BCUT2D eigenvalue weighted by molar-refractivity contribution is 5.85. The van der Waals surface area contributed by atoms with Crippen LogP contribution in [-0.4, -0.2) is 36.3 Å². The fourth-order valence-corrected chi connectivity index (χ4v) is 1.99. The average molecular weight is 274 g/mol. The molecular formula is C12H20ClN3O2. The van der Waals surface area contributed by atoms with E-state index in [0.29, 0.717) is 18.5 Å². The van der Waals surface area contributed by atoms with E-state index in [1.165, 1.54) is 19.3 Å². The molecular weight excluding hydrogens is 254 g/mol. The third kappa shape index (κ3) is 4.40. The van der Waals surface area contributed by atoms with Gasteiger partial charge >= 0.3 is 0 Å². The Labute approximate surface area is 114 Å². The lowest BCUT2D eigenvalue weighted by atomic mass is 10.1. The van der Waals surface area contributed by atoms with Crippen molar-refractivity contribution in [2.45, 2.75) is 31.9 Å². The fourth-order valence-electron chi connectivity index (χ4n) is 1.99. The van der Waals surface area contributed by atoms with Crippen LogP contribution in [0.4, 0.5) is 0 Å². The highest BCUT2D eigenvalue weighted by atomic mass is 35.5. The second-order valence-electron chi connectivity index (χ2n) is 4.17. The van der Waals surface area contributed by atoms with Gasteiger partial charge in [-0.2, -0.15) is 0 Å². The number of ether oxygens (including phenoxy) is 2. The Balaban J connectivity index is 0.00000162. The lowest BCUT2D eigenvalue weighted by Crippen LogP contribution is -2.37. The van der Waals surface area contributed by atoms with Gasteiger partial charge in [-0.3, -0.25) is 4.98 Å². The van der Waals surface area contributed by atoms with Gasteiger partial charge in [-0.1, -0.05) is 6.42 Å². The third-order valence-corrected chi connectivity index (χ3v) is 2.90. The first-order chi connectivity index (χ1) is 8.40. The molecule has 5 nitrogen and oxygen atoms in total. The number of rotatable bonds is 5. The molecule has 0 aromatic carbocycles. The molecule has 1 fully saturated rings. The van der Waals surface area contributed by atoms with Gasteiger partial charge in [0, 0.05) is 18.4 Å². The zero-order valence-corrected chi connectivity index (χ0v) is 11.4. The highest BCUT2D eigenvalue weighted by Gasteiger charge is 2.13. The molecule has 102 valence electrons. The molecule has 2 heterocycles. The minimum atomic E-state index is 0. The van der Waals surface area contributed by atoms with Crippen molar-refractivity contribution in [2.75, 3.05) is 20.3 Å². The van der Waals surface area contributed by atoms with Crippen molar-refractivity contribution < 1.29 is 9.47 Å². The molecule has 0 bridgehead atoms. The maximum Gasteiger partial charge on any atom is 0.237 e. The van der Waals surface area contributed by atoms with E-state index in [4.69, 9.17) is 9.47 Å². The first-order valence-electron chi connectivity index (χ1n) is 6.05. The summed E-state index contributed by atoms with van der Waals surface area (Å²) in [4.78, 5) is 8.28. The molecule has 1 aliphatic rings. The zero-order chi connectivity index (χ0) is 11.9. The SMILES string of the molecule is COc1nccnc1COCC1CCCCN1.Cl. The van der Waals surface area contributed by atoms with Gasteiger partial charge in [-0.15, -0.1) is 12.4 Å². The number of aromatic nitrogens is 2. The van der Waals surface area contributed by atoms with Crippen LogP contribution in [0.5, 0.6) is 5.88 Å². The number of nitrogens with one attached hydrogen (secondary N) is 1. The molecule has 1 aliphatic heterocycles. The Morgan fingerprint density at radius 1 is 1.33 bits per heavy atom. The molecule has 0 amide bonds. The number of piperidine rings is 1. The van der Waals surface area contributed by atoms with Crippen molar-refractivity contribution in [2.24, 2.45) is 0 Å². The quantitative estimate of drug-likeness (QED) is 0.882. The maximum atomic E-state index is 5.66. The Morgan fingerprint density at radius 3 is 2.89 bits per heavy atom. The lowest BCUT2D eigenvalue weighted by Gasteiger charge is -2.23. The molecule has 0 aliphatic carbocycles. The van der Waals surface area contributed by atoms with Gasteiger partial charge in [0.05, 0.1) is 20.3 Å². The minimum Gasteiger partial charge on any atom is -0.480 e. The average Bonchev–Trinajstić information content (AvgIpc) is 2.40. The molecule has 1 aromatic heterocycles. The summed E-state index contributed by atoms with van der Waals surface area (Å²) in [6.45, 7) is 2.28. The van der Waals surface area contributed by atoms with E-state index in [2.05, 4.69) is 15.3 Å². The largest absolute Gasteiger partial charge is 0.480 e. The summed E-state index contributed by atoms with van der Waals surface area (Å²) >= 11 is 0. The van der Waals surface area contributed by atoms with E-state index in [1.807, 2.05) is 0 Å². The lowest BCUT2D eigenvalue weighted by molar-refractivity contribution is 0.0871. The van der Waals surface area contributed by atoms with Crippen LogP contribution in [0.3, 0.4) is 0 Å². The molecule has 1 aromatic rings. The molecule has 0 saturated carbocycles. The predicted octanol–water partition coefficient (Wildman–Crippen LogP) is 1.57. The number of halogens is 1. The number of nitrogens with zero attached hydrogens (tertiary/aromatic N) is 2. The van der Waals surface area contributed by atoms with Crippen LogP contribution in [0.2, 0.25) is 0 Å². The molecule has 1 N–H and O–H groups in total. The van der Waals surface area contributed by atoms with Crippen molar-refractivity contribution in [1.82, 2.24) is 15.3 Å². The van der Waals surface area contributed by atoms with Crippen LogP contribution in [0, 0.1) is 0 Å². The first-order valence-corrected chi connectivity index (χ1v) is 6.05. The molecule has 6 heteroatoms. The Bertz CT molecular complexity index is 346. The monoisotopic (exact) mass is 273 g/mol. The standard InChI is InChI=1S/C12H19N3O2.ClH/c1-16-12-11(14-6-7-15-12)9-17-8-10-4-2-3-5-13-10;/h6-7,10,13H,2-5,8-9H2,1H3;1H. The van der Waals surface area contributed by atoms with Crippen LogP contribution in [0.15, 0.2) is 12.4 Å². The second kappa shape index (κ2) is 8.24. The predicted molar refractivity (Wildman–Crippen MR) is 71.1 cm³/mol. The number of methoxy groups -OCH3 is 1. The van der Waals surface area contributed by atoms with Crippen molar-refractivity contribution in [1.29, 1.82) is 0 Å². The van der Waals surface area contributed by atoms with Crippen LogP contribution < -0.4 is 10.1 Å². The van der Waals surface area contributed by atoms with Crippen LogP contribution in [0.25, 0.3) is 0 Å². The first kappa shape index (κ1) is 15.1. The Morgan fingerprint density at radius 2 is 2.17 bits per heavy atom. The van der Waals surface area contributed by atoms with Gasteiger partial charge in [0.2, 0.25) is 5.88 Å². The summed E-state index contributed by atoms with van der Waals surface area (Å²) in [5, 5.41) is 3.44. The molecule has 0 radical (unpaired) electrons.